The van der Waals surface area contributed by atoms with E-state index in [2.05, 4.69) is 5.32 Å². The molecule has 2 aromatic rings. The summed E-state index contributed by atoms with van der Waals surface area (Å²) in [7, 11) is -2.71. The summed E-state index contributed by atoms with van der Waals surface area (Å²) >= 11 is 0. The molecule has 2 rings (SSSR count). The van der Waals surface area contributed by atoms with Crippen LogP contribution in [0.15, 0.2) is 47.4 Å². The molecule has 0 unspecified atom stereocenters. The Labute approximate surface area is 143 Å². The van der Waals surface area contributed by atoms with E-state index in [1.165, 1.54) is 31.4 Å². The van der Waals surface area contributed by atoms with Crippen LogP contribution in [-0.4, -0.2) is 34.6 Å². The first-order valence-electron chi connectivity index (χ1n) is 7.19. The van der Waals surface area contributed by atoms with Crippen molar-refractivity contribution in [3.8, 4) is 0 Å². The topological polar surface area (TPSA) is 84.5 Å². The number of para-hydroxylation sites is 1. The Hall–Kier alpha value is -2.52. The highest BCUT2D eigenvalue weighted by Crippen LogP contribution is 2.22. The molecule has 9 heteroatoms. The van der Waals surface area contributed by atoms with Crippen molar-refractivity contribution in [2.75, 3.05) is 25.0 Å². The highest BCUT2D eigenvalue weighted by Gasteiger charge is 2.19. The summed E-state index contributed by atoms with van der Waals surface area (Å²) in [5.74, 6) is -2.45. The highest BCUT2D eigenvalue weighted by atomic mass is 32.2. The van der Waals surface area contributed by atoms with Gasteiger partial charge >= 0.3 is 0 Å². The van der Waals surface area contributed by atoms with Crippen LogP contribution in [0.25, 0.3) is 0 Å². The molecule has 0 radical (unpaired) electrons. The molecule has 0 aliphatic carbocycles. The van der Waals surface area contributed by atoms with E-state index in [1.807, 2.05) is 4.72 Å². The highest BCUT2D eigenvalue weighted by molar-refractivity contribution is 7.92. The third kappa shape index (κ3) is 4.74. The zero-order valence-corrected chi connectivity index (χ0v) is 14.1. The Morgan fingerprint density at radius 3 is 2.24 bits per heavy atom. The average Bonchev–Trinajstić information content (AvgIpc) is 2.58. The van der Waals surface area contributed by atoms with Gasteiger partial charge in [0.15, 0.2) is 0 Å². The fraction of sp³-hybridized carbons (Fsp3) is 0.188. The molecule has 25 heavy (non-hydrogen) atoms. The first-order chi connectivity index (χ1) is 11.8. The number of anilines is 1. The van der Waals surface area contributed by atoms with Gasteiger partial charge in [0.05, 0.1) is 11.5 Å². The average molecular weight is 370 g/mol. The summed E-state index contributed by atoms with van der Waals surface area (Å²) in [6.45, 7) is 0.653. The fourth-order valence-corrected chi connectivity index (χ4v) is 3.02. The summed E-state index contributed by atoms with van der Waals surface area (Å²) in [5, 5.41) is 2.58. The standard InChI is InChI=1S/C16H16F2N2O4S/c1-24-10-9-19-16(21)11-5-7-12(8-6-11)25(22,23)20-15-13(17)3-2-4-14(15)18/h2-8,20H,9-10H2,1H3,(H,19,21). The molecule has 6 nitrogen and oxygen atoms in total. The minimum atomic E-state index is -4.20. The first-order valence-corrected chi connectivity index (χ1v) is 8.67. The number of rotatable bonds is 7. The second-order valence-corrected chi connectivity index (χ2v) is 6.66. The van der Waals surface area contributed by atoms with E-state index >= 15 is 0 Å². The molecule has 0 heterocycles. The van der Waals surface area contributed by atoms with Gasteiger partial charge in [-0.3, -0.25) is 9.52 Å². The lowest BCUT2D eigenvalue weighted by Crippen LogP contribution is -2.27. The number of hydrogen-bond acceptors (Lipinski definition) is 4. The largest absolute Gasteiger partial charge is 0.383 e. The predicted octanol–water partition coefficient (Wildman–Crippen LogP) is 2.14. The number of ether oxygens (including phenoxy) is 1. The van der Waals surface area contributed by atoms with E-state index in [0.29, 0.717) is 13.2 Å². The molecule has 0 aliphatic heterocycles. The number of carbonyl (C=O) groups excluding carboxylic acids is 1. The molecule has 0 saturated carbocycles. The molecule has 2 aromatic carbocycles. The number of amides is 1. The maximum absolute atomic E-state index is 13.6. The summed E-state index contributed by atoms with van der Waals surface area (Å²) in [5.41, 5.74) is -0.518. The summed E-state index contributed by atoms with van der Waals surface area (Å²) < 4.78 is 58.3. The third-order valence-electron chi connectivity index (χ3n) is 3.22. The van der Waals surface area contributed by atoms with Crippen molar-refractivity contribution >= 4 is 21.6 Å². The van der Waals surface area contributed by atoms with Crippen LogP contribution < -0.4 is 10.0 Å². The normalized spacial score (nSPS) is 11.2. The number of sulfonamides is 1. The molecule has 0 spiro atoms. The Kier molecular flexibility index (Phi) is 6.05. The Bertz CT molecular complexity index is 835. The van der Waals surface area contributed by atoms with Gasteiger partial charge in [-0.2, -0.15) is 0 Å². The maximum Gasteiger partial charge on any atom is 0.262 e. The second-order valence-electron chi connectivity index (χ2n) is 4.98. The Balaban J connectivity index is 2.16. The van der Waals surface area contributed by atoms with Crippen LogP contribution in [0.5, 0.6) is 0 Å². The van der Waals surface area contributed by atoms with Gasteiger partial charge in [-0.25, -0.2) is 17.2 Å². The molecule has 0 aliphatic rings. The second kappa shape index (κ2) is 8.04. The molecule has 0 fully saturated rings. The number of benzene rings is 2. The smallest absolute Gasteiger partial charge is 0.262 e. The zero-order chi connectivity index (χ0) is 18.4. The van der Waals surface area contributed by atoms with Crippen LogP contribution >= 0.6 is 0 Å². The lowest BCUT2D eigenvalue weighted by molar-refractivity contribution is 0.0937. The van der Waals surface area contributed by atoms with Crippen LogP contribution in [0.1, 0.15) is 10.4 Å². The number of halogens is 2. The van der Waals surface area contributed by atoms with Crippen LogP contribution in [0.3, 0.4) is 0 Å². The molecule has 1 amide bonds. The van der Waals surface area contributed by atoms with E-state index < -0.39 is 33.3 Å². The van der Waals surface area contributed by atoms with E-state index in [4.69, 9.17) is 4.74 Å². The van der Waals surface area contributed by atoms with Crippen molar-refractivity contribution in [3.05, 3.63) is 59.7 Å². The number of hydrogen-bond donors (Lipinski definition) is 2. The van der Waals surface area contributed by atoms with E-state index in [0.717, 1.165) is 18.2 Å². The Morgan fingerprint density at radius 2 is 1.68 bits per heavy atom. The quantitative estimate of drug-likeness (QED) is 0.732. The van der Waals surface area contributed by atoms with E-state index in [-0.39, 0.29) is 10.5 Å². The van der Waals surface area contributed by atoms with Crippen molar-refractivity contribution in [1.82, 2.24) is 5.32 Å². The molecule has 0 saturated heterocycles. The third-order valence-corrected chi connectivity index (χ3v) is 4.58. The van der Waals surface area contributed by atoms with E-state index in [1.54, 1.807) is 0 Å². The molecule has 0 bridgehead atoms. The van der Waals surface area contributed by atoms with E-state index in [9.17, 15) is 22.0 Å². The van der Waals surface area contributed by atoms with Crippen LogP contribution in [0.2, 0.25) is 0 Å². The van der Waals surface area contributed by atoms with Gasteiger partial charge in [-0.1, -0.05) is 6.07 Å². The number of methoxy groups -OCH3 is 1. The lowest BCUT2D eigenvalue weighted by atomic mass is 10.2. The minimum absolute atomic E-state index is 0.233. The van der Waals surface area contributed by atoms with Crippen LogP contribution in [0, 0.1) is 11.6 Å². The number of nitrogens with one attached hydrogen (secondary N) is 2. The molecule has 2 N–H and O–H groups in total. The molecular formula is C16H16F2N2O4S. The maximum atomic E-state index is 13.6. The van der Waals surface area contributed by atoms with Gasteiger partial charge in [-0.05, 0) is 36.4 Å². The van der Waals surface area contributed by atoms with Gasteiger partial charge in [0.25, 0.3) is 15.9 Å². The summed E-state index contributed by atoms with van der Waals surface area (Å²) in [6.07, 6.45) is 0. The first kappa shape index (κ1) is 18.8. The van der Waals surface area contributed by atoms with Crippen molar-refractivity contribution in [2.24, 2.45) is 0 Å². The van der Waals surface area contributed by atoms with Gasteiger partial charge in [0, 0.05) is 19.2 Å². The lowest BCUT2D eigenvalue weighted by Gasteiger charge is -2.10. The minimum Gasteiger partial charge on any atom is -0.383 e. The summed E-state index contributed by atoms with van der Waals surface area (Å²) in [6, 6.07) is 7.95. The van der Waals surface area contributed by atoms with Crippen molar-refractivity contribution in [1.29, 1.82) is 0 Å². The van der Waals surface area contributed by atoms with Gasteiger partial charge in [0.2, 0.25) is 0 Å². The van der Waals surface area contributed by atoms with Crippen molar-refractivity contribution < 1.29 is 26.7 Å². The number of carbonyl (C=O) groups is 1. The predicted molar refractivity (Wildman–Crippen MR) is 87.8 cm³/mol. The Morgan fingerprint density at radius 1 is 1.08 bits per heavy atom. The van der Waals surface area contributed by atoms with Crippen LogP contribution in [-0.2, 0) is 14.8 Å². The molecule has 0 atom stereocenters. The zero-order valence-electron chi connectivity index (χ0n) is 13.3. The summed E-state index contributed by atoms with van der Waals surface area (Å²) in [4.78, 5) is 11.6. The molecule has 134 valence electrons. The van der Waals surface area contributed by atoms with Crippen molar-refractivity contribution in [2.45, 2.75) is 4.90 Å². The molecule has 0 aromatic heterocycles. The monoisotopic (exact) mass is 370 g/mol. The van der Waals surface area contributed by atoms with Crippen LogP contribution in [0.4, 0.5) is 14.5 Å². The SMILES string of the molecule is COCCNC(=O)c1ccc(S(=O)(=O)Nc2c(F)cccc2F)cc1. The van der Waals surface area contributed by atoms with Gasteiger partial charge in [0.1, 0.15) is 17.3 Å². The van der Waals surface area contributed by atoms with Crippen molar-refractivity contribution in [3.63, 3.8) is 0 Å². The van der Waals surface area contributed by atoms with Gasteiger partial charge < -0.3 is 10.1 Å². The molecular weight excluding hydrogens is 354 g/mol. The van der Waals surface area contributed by atoms with Gasteiger partial charge in [-0.15, -0.1) is 0 Å². The fourth-order valence-electron chi connectivity index (χ4n) is 1.94.